The molecular weight excluding hydrogens is 352 g/mol. The third-order valence-corrected chi connectivity index (χ3v) is 3.14. The molecule has 2 atom stereocenters. The number of carbonyl (C=O) groups excluding carboxylic acids is 1. The minimum absolute atomic E-state index is 0. The number of nitrogens with two attached hydrogens (primary N) is 1. The van der Waals surface area contributed by atoms with Crippen LogP contribution >= 0.6 is 12.4 Å². The van der Waals surface area contributed by atoms with Gasteiger partial charge in [0.25, 0.3) is 0 Å². The van der Waals surface area contributed by atoms with Gasteiger partial charge < -0.3 is 21.5 Å². The zero-order chi connectivity index (χ0) is 17.9. The van der Waals surface area contributed by atoms with Crippen LogP contribution in [0.5, 0.6) is 0 Å². The lowest BCUT2D eigenvalue weighted by atomic mass is 10.1. The predicted octanol–water partition coefficient (Wildman–Crippen LogP) is -0.501. The molecule has 0 radical (unpaired) electrons. The maximum atomic E-state index is 12.1. The first kappa shape index (κ1) is 22.4. The van der Waals surface area contributed by atoms with E-state index in [2.05, 4.69) is 10.6 Å². The summed E-state index contributed by atoms with van der Waals surface area (Å²) in [6.07, 6.45) is -0.423. The van der Waals surface area contributed by atoms with Crippen LogP contribution in [0.15, 0.2) is 30.3 Å². The Balaban J connectivity index is 0.00000576. The van der Waals surface area contributed by atoms with Crippen molar-refractivity contribution in [2.45, 2.75) is 31.5 Å². The van der Waals surface area contributed by atoms with Crippen molar-refractivity contribution in [3.63, 3.8) is 0 Å². The van der Waals surface area contributed by atoms with Crippen LogP contribution in [0.3, 0.4) is 0 Å². The first-order valence-electron chi connectivity index (χ1n) is 7.39. The minimum atomic E-state index is -1.15. The summed E-state index contributed by atoms with van der Waals surface area (Å²) in [5.41, 5.74) is 7.88. The average molecular weight is 375 g/mol. The molecule has 0 aliphatic carbocycles. The summed E-state index contributed by atoms with van der Waals surface area (Å²) in [6.45, 7) is 0.311. The molecule has 7 N–H and O–H groups in total. The van der Waals surface area contributed by atoms with Crippen molar-refractivity contribution >= 4 is 24.3 Å². The van der Waals surface area contributed by atoms with Gasteiger partial charge in [0, 0.05) is 13.0 Å². The molecule has 1 rings (SSSR count). The SMILES string of the molecule is Cl.N=C(N)NCCCC(N[N+](=O)[O-])C(=O)NC(O)Cc1ccccc1. The number of hydrogen-bond donors (Lipinski definition) is 6. The van der Waals surface area contributed by atoms with Crippen LogP contribution in [0.2, 0.25) is 0 Å². The highest BCUT2D eigenvalue weighted by molar-refractivity contribution is 5.85. The molecule has 0 aromatic heterocycles. The monoisotopic (exact) mass is 374 g/mol. The number of amides is 1. The molecule has 11 heteroatoms. The predicted molar refractivity (Wildman–Crippen MR) is 94.6 cm³/mol. The molecule has 0 spiro atoms. The number of nitrogens with zero attached hydrogens (tertiary/aromatic N) is 1. The number of benzene rings is 1. The Bertz CT molecular complexity index is 560. The third kappa shape index (κ3) is 9.99. The number of halogens is 1. The Morgan fingerprint density at radius 1 is 1.36 bits per heavy atom. The maximum absolute atomic E-state index is 12.1. The number of nitrogens with one attached hydrogen (secondary N) is 4. The molecule has 0 saturated heterocycles. The van der Waals surface area contributed by atoms with Crippen LogP contribution in [0.4, 0.5) is 0 Å². The van der Waals surface area contributed by atoms with Crippen LogP contribution in [-0.2, 0) is 11.2 Å². The summed E-state index contributed by atoms with van der Waals surface area (Å²) in [5.74, 6) is -0.880. The van der Waals surface area contributed by atoms with Crippen LogP contribution in [0, 0.1) is 15.5 Å². The zero-order valence-electron chi connectivity index (χ0n) is 13.5. The molecule has 0 bridgehead atoms. The Morgan fingerprint density at radius 3 is 2.56 bits per heavy atom. The highest BCUT2D eigenvalue weighted by atomic mass is 35.5. The molecule has 1 aromatic carbocycles. The number of carbonyl (C=O) groups is 1. The molecule has 0 heterocycles. The summed E-state index contributed by atoms with van der Waals surface area (Å²) < 4.78 is 0. The summed E-state index contributed by atoms with van der Waals surface area (Å²) in [7, 11) is 0. The van der Waals surface area contributed by atoms with E-state index in [0.29, 0.717) is 13.0 Å². The highest BCUT2D eigenvalue weighted by Crippen LogP contribution is 2.03. The van der Waals surface area contributed by atoms with Crippen molar-refractivity contribution in [2.75, 3.05) is 6.54 Å². The number of guanidine groups is 1. The number of hydrogen-bond acceptors (Lipinski definition) is 5. The number of rotatable bonds is 10. The van der Waals surface area contributed by atoms with Crippen molar-refractivity contribution in [3.8, 4) is 0 Å². The van der Waals surface area contributed by atoms with Crippen molar-refractivity contribution in [1.82, 2.24) is 16.1 Å². The van der Waals surface area contributed by atoms with Gasteiger partial charge in [0.1, 0.15) is 6.23 Å². The second-order valence-corrected chi connectivity index (χ2v) is 5.14. The smallest absolute Gasteiger partial charge is 0.250 e. The average Bonchev–Trinajstić information content (AvgIpc) is 2.50. The van der Waals surface area contributed by atoms with Crippen molar-refractivity contribution in [2.24, 2.45) is 5.73 Å². The van der Waals surface area contributed by atoms with Crippen LogP contribution < -0.4 is 21.8 Å². The largest absolute Gasteiger partial charge is 0.373 e. The summed E-state index contributed by atoms with van der Waals surface area (Å²) in [5, 5.41) is 31.6. The fraction of sp³-hybridized carbons (Fsp3) is 0.429. The van der Waals surface area contributed by atoms with E-state index >= 15 is 0 Å². The van der Waals surface area contributed by atoms with Gasteiger partial charge in [-0.1, -0.05) is 30.3 Å². The summed E-state index contributed by atoms with van der Waals surface area (Å²) in [6, 6.07) is 7.96. The topological polar surface area (TPSA) is 166 Å². The van der Waals surface area contributed by atoms with E-state index in [0.717, 1.165) is 5.56 Å². The molecule has 0 saturated carbocycles. The van der Waals surface area contributed by atoms with E-state index in [-0.39, 0.29) is 31.2 Å². The van der Waals surface area contributed by atoms with Crippen LogP contribution in [-0.4, -0.2) is 40.8 Å². The molecular formula is C14H23ClN6O4. The lowest BCUT2D eigenvalue weighted by molar-refractivity contribution is -0.548. The maximum Gasteiger partial charge on any atom is 0.250 e. The van der Waals surface area contributed by atoms with Crippen molar-refractivity contribution in [3.05, 3.63) is 46.0 Å². The third-order valence-electron chi connectivity index (χ3n) is 3.14. The first-order chi connectivity index (χ1) is 11.4. The molecule has 1 amide bonds. The van der Waals surface area contributed by atoms with Crippen LogP contribution in [0.25, 0.3) is 0 Å². The highest BCUT2D eigenvalue weighted by Gasteiger charge is 2.24. The summed E-state index contributed by atoms with van der Waals surface area (Å²) in [4.78, 5) is 22.7. The van der Waals surface area contributed by atoms with E-state index in [1.807, 2.05) is 23.6 Å². The van der Waals surface area contributed by atoms with E-state index in [1.165, 1.54) is 0 Å². The molecule has 0 fully saturated rings. The van der Waals surface area contributed by atoms with Gasteiger partial charge in [-0.2, -0.15) is 0 Å². The minimum Gasteiger partial charge on any atom is -0.373 e. The normalized spacial score (nSPS) is 12.2. The van der Waals surface area contributed by atoms with Crippen molar-refractivity contribution < 1.29 is 14.9 Å². The molecule has 10 nitrogen and oxygen atoms in total. The van der Waals surface area contributed by atoms with Gasteiger partial charge >= 0.3 is 0 Å². The Morgan fingerprint density at radius 2 is 2.00 bits per heavy atom. The fourth-order valence-corrected chi connectivity index (χ4v) is 2.06. The van der Waals surface area contributed by atoms with Gasteiger partial charge in [0.2, 0.25) is 5.91 Å². The number of nitro groups is 1. The molecule has 140 valence electrons. The fourth-order valence-electron chi connectivity index (χ4n) is 2.06. The van der Waals surface area contributed by atoms with Gasteiger partial charge in [-0.15, -0.1) is 17.8 Å². The van der Waals surface area contributed by atoms with E-state index in [9.17, 15) is 20.0 Å². The van der Waals surface area contributed by atoms with E-state index < -0.39 is 23.2 Å². The van der Waals surface area contributed by atoms with Gasteiger partial charge in [-0.05, 0) is 18.4 Å². The Labute approximate surface area is 151 Å². The van der Waals surface area contributed by atoms with Gasteiger partial charge in [-0.25, -0.2) is 10.1 Å². The molecule has 0 aliphatic rings. The molecule has 1 aromatic rings. The lowest BCUT2D eigenvalue weighted by Gasteiger charge is -2.18. The van der Waals surface area contributed by atoms with Crippen molar-refractivity contribution in [1.29, 1.82) is 5.41 Å². The zero-order valence-corrected chi connectivity index (χ0v) is 14.3. The standard InChI is InChI=1S/C14H22N6O4.ClH/c15-14(16)17-8-4-7-11(19-20(23)24)13(22)18-12(21)9-10-5-2-1-3-6-10;/h1-3,5-6,11-12,19,21H,4,7-9H2,(H,18,22)(H4,15,16,17);1H. The first-order valence-corrected chi connectivity index (χ1v) is 7.39. The van der Waals surface area contributed by atoms with E-state index in [4.69, 9.17) is 11.1 Å². The molecule has 25 heavy (non-hydrogen) atoms. The Kier molecular flexibility index (Phi) is 10.6. The molecule has 0 aliphatic heterocycles. The number of aliphatic hydroxyl groups excluding tert-OH is 1. The number of hydrazine groups is 1. The van der Waals surface area contributed by atoms with Crippen LogP contribution in [0.1, 0.15) is 18.4 Å². The second-order valence-electron chi connectivity index (χ2n) is 5.14. The number of aliphatic hydroxyl groups is 1. The second kappa shape index (κ2) is 11.9. The van der Waals surface area contributed by atoms with Gasteiger partial charge in [0.15, 0.2) is 17.0 Å². The Hall–Kier alpha value is -2.59. The van der Waals surface area contributed by atoms with Gasteiger partial charge in [-0.3, -0.25) is 10.2 Å². The van der Waals surface area contributed by atoms with Gasteiger partial charge in [0.05, 0.1) is 0 Å². The van der Waals surface area contributed by atoms with E-state index in [1.54, 1.807) is 12.1 Å². The lowest BCUT2D eigenvalue weighted by Crippen LogP contribution is -2.50. The quantitative estimate of drug-likeness (QED) is 0.0801. The summed E-state index contributed by atoms with van der Waals surface area (Å²) >= 11 is 0. The molecule has 2 unspecified atom stereocenters.